The lowest BCUT2D eigenvalue weighted by Crippen LogP contribution is -2.51. The van der Waals surface area contributed by atoms with Crippen molar-refractivity contribution in [2.24, 2.45) is 5.92 Å². The molecule has 0 aromatic rings. The minimum absolute atomic E-state index is 0.410. The Labute approximate surface area is 105 Å². The fourth-order valence-corrected chi connectivity index (χ4v) is 3.47. The van der Waals surface area contributed by atoms with Gasteiger partial charge in [-0.05, 0) is 50.9 Å². The zero-order chi connectivity index (χ0) is 11.4. The third-order valence-corrected chi connectivity index (χ3v) is 4.85. The number of rotatable bonds is 5. The van der Waals surface area contributed by atoms with Gasteiger partial charge in [0.25, 0.3) is 0 Å². The van der Waals surface area contributed by atoms with Crippen molar-refractivity contribution in [3.63, 3.8) is 0 Å². The number of nitrogens with zero attached hydrogens (tertiary/aromatic N) is 1. The first-order valence-corrected chi connectivity index (χ1v) is 7.95. The molecular formula is C13H26N2S. The van der Waals surface area contributed by atoms with E-state index in [1.807, 2.05) is 0 Å². The Hall–Kier alpha value is 0.270. The summed E-state index contributed by atoms with van der Waals surface area (Å²) in [5.41, 5.74) is 0.410. The van der Waals surface area contributed by atoms with Crippen LogP contribution < -0.4 is 5.32 Å². The van der Waals surface area contributed by atoms with Gasteiger partial charge < -0.3 is 10.2 Å². The zero-order valence-electron chi connectivity index (χ0n) is 10.8. The summed E-state index contributed by atoms with van der Waals surface area (Å²) in [7, 11) is 0. The van der Waals surface area contributed by atoms with Crippen molar-refractivity contribution in [2.75, 3.05) is 37.7 Å². The van der Waals surface area contributed by atoms with E-state index in [0.717, 1.165) is 5.92 Å². The van der Waals surface area contributed by atoms with Crippen molar-refractivity contribution in [2.45, 2.75) is 38.6 Å². The van der Waals surface area contributed by atoms with Crippen molar-refractivity contribution >= 4 is 11.8 Å². The summed E-state index contributed by atoms with van der Waals surface area (Å²) in [6.45, 7) is 9.74. The second-order valence-corrected chi connectivity index (χ2v) is 6.84. The Morgan fingerprint density at radius 1 is 1.44 bits per heavy atom. The summed E-state index contributed by atoms with van der Waals surface area (Å²) < 4.78 is 0. The van der Waals surface area contributed by atoms with Gasteiger partial charge in [0.2, 0.25) is 0 Å². The lowest BCUT2D eigenvalue weighted by Gasteiger charge is -2.33. The van der Waals surface area contributed by atoms with E-state index in [-0.39, 0.29) is 0 Å². The minimum Gasteiger partial charge on any atom is -0.310 e. The standard InChI is InChI=1S/C13H26N2S/c1-3-16-10-9-15-8-4-7-14-13(2,11-15)12-5-6-12/h12,14H,3-11H2,1-2H3. The average molecular weight is 242 g/mol. The largest absolute Gasteiger partial charge is 0.310 e. The number of thioether (sulfide) groups is 1. The zero-order valence-corrected chi connectivity index (χ0v) is 11.6. The number of hydrogen-bond acceptors (Lipinski definition) is 3. The molecule has 1 saturated carbocycles. The molecule has 0 spiro atoms. The summed E-state index contributed by atoms with van der Waals surface area (Å²) in [5.74, 6) is 3.51. The highest BCUT2D eigenvalue weighted by Gasteiger charge is 2.42. The number of nitrogens with one attached hydrogen (secondary N) is 1. The molecule has 0 amide bonds. The average Bonchev–Trinajstić information content (AvgIpc) is 3.06. The first-order valence-electron chi connectivity index (χ1n) is 6.80. The van der Waals surface area contributed by atoms with E-state index in [4.69, 9.17) is 0 Å². The van der Waals surface area contributed by atoms with Crippen LogP contribution in [0.1, 0.15) is 33.1 Å². The van der Waals surface area contributed by atoms with Gasteiger partial charge in [-0.25, -0.2) is 0 Å². The molecule has 1 aliphatic heterocycles. The fourth-order valence-electron chi connectivity index (χ4n) is 2.80. The second kappa shape index (κ2) is 5.74. The topological polar surface area (TPSA) is 15.3 Å². The van der Waals surface area contributed by atoms with E-state index < -0.39 is 0 Å². The SMILES string of the molecule is CCSCCN1CCCNC(C)(C2CC2)C1. The molecule has 2 rings (SSSR count). The molecule has 0 radical (unpaired) electrons. The van der Waals surface area contributed by atoms with Crippen molar-refractivity contribution < 1.29 is 0 Å². The molecule has 1 saturated heterocycles. The summed E-state index contributed by atoms with van der Waals surface area (Å²) in [6.07, 6.45) is 4.21. The van der Waals surface area contributed by atoms with Crippen molar-refractivity contribution in [3.8, 4) is 0 Å². The Bertz CT molecular complexity index is 218. The Morgan fingerprint density at radius 2 is 2.25 bits per heavy atom. The molecule has 1 unspecified atom stereocenters. The van der Waals surface area contributed by atoms with E-state index >= 15 is 0 Å². The van der Waals surface area contributed by atoms with Crippen LogP contribution in [0.25, 0.3) is 0 Å². The van der Waals surface area contributed by atoms with Crippen LogP contribution in [0, 0.1) is 5.92 Å². The lowest BCUT2D eigenvalue weighted by atomic mass is 9.95. The molecule has 1 heterocycles. The van der Waals surface area contributed by atoms with Crippen molar-refractivity contribution in [1.29, 1.82) is 0 Å². The van der Waals surface area contributed by atoms with Gasteiger partial charge in [-0.2, -0.15) is 11.8 Å². The van der Waals surface area contributed by atoms with Gasteiger partial charge in [0.05, 0.1) is 0 Å². The molecule has 1 aliphatic carbocycles. The van der Waals surface area contributed by atoms with E-state index in [2.05, 4.69) is 35.8 Å². The van der Waals surface area contributed by atoms with E-state index in [1.54, 1.807) is 0 Å². The molecule has 2 aliphatic rings. The van der Waals surface area contributed by atoms with Crippen LogP contribution in [0.2, 0.25) is 0 Å². The maximum Gasteiger partial charge on any atom is 0.0308 e. The van der Waals surface area contributed by atoms with Gasteiger partial charge in [-0.1, -0.05) is 6.92 Å². The molecule has 3 heteroatoms. The van der Waals surface area contributed by atoms with Gasteiger partial charge in [0.15, 0.2) is 0 Å². The molecule has 0 bridgehead atoms. The summed E-state index contributed by atoms with van der Waals surface area (Å²) in [5, 5.41) is 3.79. The van der Waals surface area contributed by atoms with E-state index in [9.17, 15) is 0 Å². The van der Waals surface area contributed by atoms with Gasteiger partial charge >= 0.3 is 0 Å². The predicted molar refractivity (Wildman–Crippen MR) is 73.2 cm³/mol. The summed E-state index contributed by atoms with van der Waals surface area (Å²) in [6, 6.07) is 0. The molecular weight excluding hydrogens is 216 g/mol. The van der Waals surface area contributed by atoms with Gasteiger partial charge in [0.1, 0.15) is 0 Å². The highest BCUT2D eigenvalue weighted by molar-refractivity contribution is 7.99. The fraction of sp³-hybridized carbons (Fsp3) is 1.00. The van der Waals surface area contributed by atoms with Crippen LogP contribution in [0.15, 0.2) is 0 Å². The van der Waals surface area contributed by atoms with E-state index in [1.165, 1.54) is 56.9 Å². The van der Waals surface area contributed by atoms with Gasteiger partial charge in [-0.3, -0.25) is 0 Å². The van der Waals surface area contributed by atoms with Crippen LogP contribution in [0.5, 0.6) is 0 Å². The smallest absolute Gasteiger partial charge is 0.0308 e. The third kappa shape index (κ3) is 3.38. The van der Waals surface area contributed by atoms with Gasteiger partial charge in [-0.15, -0.1) is 0 Å². The van der Waals surface area contributed by atoms with Crippen LogP contribution in [0.4, 0.5) is 0 Å². The maximum atomic E-state index is 3.79. The summed E-state index contributed by atoms with van der Waals surface area (Å²) in [4.78, 5) is 2.68. The normalized spacial score (nSPS) is 32.6. The monoisotopic (exact) mass is 242 g/mol. The lowest BCUT2D eigenvalue weighted by molar-refractivity contribution is 0.210. The first-order chi connectivity index (χ1) is 7.74. The van der Waals surface area contributed by atoms with Crippen molar-refractivity contribution in [3.05, 3.63) is 0 Å². The molecule has 1 atom stereocenters. The van der Waals surface area contributed by atoms with Crippen LogP contribution in [-0.2, 0) is 0 Å². The molecule has 2 fully saturated rings. The maximum absolute atomic E-state index is 3.79. The molecule has 16 heavy (non-hydrogen) atoms. The van der Waals surface area contributed by atoms with E-state index in [0.29, 0.717) is 5.54 Å². The highest BCUT2D eigenvalue weighted by Crippen LogP contribution is 2.40. The van der Waals surface area contributed by atoms with Gasteiger partial charge in [0, 0.05) is 24.4 Å². The van der Waals surface area contributed by atoms with Crippen LogP contribution in [0.3, 0.4) is 0 Å². The molecule has 0 aromatic heterocycles. The quantitative estimate of drug-likeness (QED) is 0.744. The second-order valence-electron chi connectivity index (χ2n) is 5.45. The first kappa shape index (κ1) is 12.7. The summed E-state index contributed by atoms with van der Waals surface area (Å²) >= 11 is 2.07. The Morgan fingerprint density at radius 3 is 2.94 bits per heavy atom. The van der Waals surface area contributed by atoms with Crippen molar-refractivity contribution in [1.82, 2.24) is 10.2 Å². The molecule has 94 valence electrons. The number of hydrogen-bond donors (Lipinski definition) is 1. The molecule has 0 aromatic carbocycles. The third-order valence-electron chi connectivity index (χ3n) is 3.97. The Kier molecular flexibility index (Phi) is 4.57. The van der Waals surface area contributed by atoms with Crippen LogP contribution >= 0.6 is 11.8 Å². The van der Waals surface area contributed by atoms with Crippen LogP contribution in [-0.4, -0.2) is 48.1 Å². The molecule has 1 N–H and O–H groups in total. The minimum atomic E-state index is 0.410. The Balaban J connectivity index is 1.82. The highest BCUT2D eigenvalue weighted by atomic mass is 32.2. The predicted octanol–water partition coefficient (Wildman–Crippen LogP) is 2.20. The molecule has 2 nitrogen and oxygen atoms in total.